The molecular weight excluding hydrogens is 258 g/mol. The van der Waals surface area contributed by atoms with Gasteiger partial charge in [-0.3, -0.25) is 10.1 Å². The number of anilines is 1. The Labute approximate surface area is 105 Å². The molecule has 8 heteroatoms. The number of nitro groups is 1. The van der Waals surface area contributed by atoms with Crippen LogP contribution in [0.4, 0.5) is 11.4 Å². The number of hydrogen-bond donors (Lipinski definition) is 2. The average Bonchev–Trinajstić information content (AvgIpc) is 2.27. The van der Waals surface area contributed by atoms with Crippen molar-refractivity contribution in [1.29, 1.82) is 0 Å². The number of benzene rings is 1. The highest BCUT2D eigenvalue weighted by atomic mass is 32.2. The lowest BCUT2D eigenvalue weighted by atomic mass is 10.3. The number of nitro benzene ring substituents is 1. The van der Waals surface area contributed by atoms with Crippen molar-refractivity contribution in [3.63, 3.8) is 0 Å². The van der Waals surface area contributed by atoms with Crippen molar-refractivity contribution in [3.8, 4) is 0 Å². The minimum atomic E-state index is -3.94. The maximum atomic E-state index is 12.0. The molecule has 0 aliphatic carbocycles. The molecule has 1 aromatic carbocycles. The van der Waals surface area contributed by atoms with Crippen LogP contribution in [-0.2, 0) is 10.0 Å². The first kappa shape index (κ1) is 14.4. The molecule has 0 aromatic heterocycles. The van der Waals surface area contributed by atoms with Crippen LogP contribution in [0.15, 0.2) is 23.1 Å². The van der Waals surface area contributed by atoms with E-state index in [0.717, 1.165) is 0 Å². The van der Waals surface area contributed by atoms with Crippen molar-refractivity contribution < 1.29 is 13.3 Å². The molecule has 100 valence electrons. The zero-order valence-corrected chi connectivity index (χ0v) is 10.9. The van der Waals surface area contributed by atoms with Gasteiger partial charge in [0.05, 0.1) is 4.92 Å². The fourth-order valence-corrected chi connectivity index (χ4v) is 2.89. The summed E-state index contributed by atoms with van der Waals surface area (Å²) in [5, 5.41) is 10.9. The normalized spacial score (nSPS) is 13.2. The summed E-state index contributed by atoms with van der Waals surface area (Å²) in [6, 6.07) is 3.52. The Morgan fingerprint density at radius 3 is 2.61 bits per heavy atom. The van der Waals surface area contributed by atoms with Gasteiger partial charge in [-0.2, -0.15) is 0 Å². The third-order valence-corrected chi connectivity index (χ3v) is 4.09. The number of sulfonamides is 1. The zero-order valence-electron chi connectivity index (χ0n) is 10.1. The van der Waals surface area contributed by atoms with Gasteiger partial charge in [0.25, 0.3) is 0 Å². The molecule has 0 aliphatic rings. The lowest BCUT2D eigenvalue weighted by Crippen LogP contribution is -2.32. The highest BCUT2D eigenvalue weighted by molar-refractivity contribution is 7.89. The van der Waals surface area contributed by atoms with Gasteiger partial charge in [0, 0.05) is 6.04 Å². The second kappa shape index (κ2) is 5.32. The van der Waals surface area contributed by atoms with Crippen molar-refractivity contribution in [2.45, 2.75) is 31.2 Å². The Morgan fingerprint density at radius 1 is 1.50 bits per heavy atom. The first-order chi connectivity index (χ1) is 8.29. The Morgan fingerprint density at radius 2 is 2.11 bits per heavy atom. The quantitative estimate of drug-likeness (QED) is 0.476. The van der Waals surface area contributed by atoms with E-state index in [1.807, 2.05) is 0 Å². The minimum absolute atomic E-state index is 0.174. The summed E-state index contributed by atoms with van der Waals surface area (Å²) in [6.45, 7) is 3.48. The molecule has 0 amide bonds. The van der Waals surface area contributed by atoms with E-state index in [-0.39, 0.29) is 11.7 Å². The number of hydrogen-bond acceptors (Lipinski definition) is 5. The maximum Gasteiger partial charge on any atom is 0.312 e. The topological polar surface area (TPSA) is 115 Å². The van der Waals surface area contributed by atoms with Crippen LogP contribution in [-0.4, -0.2) is 19.4 Å². The molecule has 18 heavy (non-hydrogen) atoms. The molecule has 1 aromatic rings. The van der Waals surface area contributed by atoms with E-state index in [4.69, 9.17) is 5.73 Å². The SMILES string of the molecule is CCC(C)NS(=O)(=O)c1cccc(N)c1[N+](=O)[O-]. The van der Waals surface area contributed by atoms with Crippen LogP contribution in [0.5, 0.6) is 0 Å². The van der Waals surface area contributed by atoms with E-state index in [1.165, 1.54) is 18.2 Å². The van der Waals surface area contributed by atoms with Crippen LogP contribution >= 0.6 is 0 Å². The number of nitrogens with zero attached hydrogens (tertiary/aromatic N) is 1. The van der Waals surface area contributed by atoms with E-state index >= 15 is 0 Å². The predicted octanol–water partition coefficient (Wildman–Crippen LogP) is 1.25. The summed E-state index contributed by atoms with van der Waals surface area (Å²) in [5.74, 6) is 0. The molecule has 1 atom stereocenters. The molecule has 0 bridgehead atoms. The number of nitrogens with two attached hydrogens (primary N) is 1. The van der Waals surface area contributed by atoms with Gasteiger partial charge in [0.1, 0.15) is 5.69 Å². The smallest absolute Gasteiger partial charge is 0.312 e. The van der Waals surface area contributed by atoms with E-state index < -0.39 is 25.5 Å². The third kappa shape index (κ3) is 2.96. The molecule has 0 saturated carbocycles. The Bertz CT molecular complexity index is 556. The second-order valence-electron chi connectivity index (χ2n) is 3.88. The van der Waals surface area contributed by atoms with Gasteiger partial charge in [-0.25, -0.2) is 13.1 Å². The fourth-order valence-electron chi connectivity index (χ4n) is 1.36. The zero-order chi connectivity index (χ0) is 13.9. The van der Waals surface area contributed by atoms with Gasteiger partial charge in [-0.05, 0) is 25.5 Å². The summed E-state index contributed by atoms with van der Waals surface area (Å²) in [6.07, 6.45) is 0.579. The molecule has 7 nitrogen and oxygen atoms in total. The molecule has 0 aliphatic heterocycles. The molecular formula is C10H15N3O4S. The molecule has 0 heterocycles. The van der Waals surface area contributed by atoms with Crippen molar-refractivity contribution in [1.82, 2.24) is 4.72 Å². The van der Waals surface area contributed by atoms with E-state index in [2.05, 4.69) is 4.72 Å². The summed E-state index contributed by atoms with van der Waals surface area (Å²) < 4.78 is 26.4. The molecule has 1 rings (SSSR count). The number of para-hydroxylation sites is 1. The standard InChI is InChI=1S/C10H15N3O4S/c1-3-7(2)12-18(16,17)9-6-4-5-8(11)10(9)13(14)15/h4-7,12H,3,11H2,1-2H3. The molecule has 0 spiro atoms. The lowest BCUT2D eigenvalue weighted by molar-refractivity contribution is -0.386. The van der Waals surface area contributed by atoms with Crippen molar-refractivity contribution in [2.24, 2.45) is 0 Å². The highest BCUT2D eigenvalue weighted by Crippen LogP contribution is 2.29. The summed E-state index contributed by atoms with van der Waals surface area (Å²) >= 11 is 0. The van der Waals surface area contributed by atoms with Crippen LogP contribution in [0.2, 0.25) is 0 Å². The Balaban J connectivity index is 3.33. The van der Waals surface area contributed by atoms with E-state index in [9.17, 15) is 18.5 Å². The minimum Gasteiger partial charge on any atom is -0.393 e. The van der Waals surface area contributed by atoms with Crippen LogP contribution in [0.25, 0.3) is 0 Å². The van der Waals surface area contributed by atoms with Gasteiger partial charge < -0.3 is 5.73 Å². The molecule has 0 saturated heterocycles. The number of nitrogens with one attached hydrogen (secondary N) is 1. The fraction of sp³-hybridized carbons (Fsp3) is 0.400. The third-order valence-electron chi connectivity index (χ3n) is 2.47. The molecule has 0 fully saturated rings. The largest absolute Gasteiger partial charge is 0.393 e. The monoisotopic (exact) mass is 273 g/mol. The Kier molecular flexibility index (Phi) is 4.25. The maximum absolute atomic E-state index is 12.0. The van der Waals surface area contributed by atoms with Crippen molar-refractivity contribution in [3.05, 3.63) is 28.3 Å². The average molecular weight is 273 g/mol. The van der Waals surface area contributed by atoms with Gasteiger partial charge >= 0.3 is 5.69 Å². The molecule has 1 unspecified atom stereocenters. The van der Waals surface area contributed by atoms with Gasteiger partial charge in [-0.1, -0.05) is 13.0 Å². The Hall–Kier alpha value is -1.67. The summed E-state index contributed by atoms with van der Waals surface area (Å²) in [7, 11) is -3.94. The van der Waals surface area contributed by atoms with Gasteiger partial charge in [0.15, 0.2) is 4.90 Å². The number of nitrogen functional groups attached to an aromatic ring is 1. The van der Waals surface area contributed by atoms with Crippen LogP contribution in [0.1, 0.15) is 20.3 Å². The molecule has 0 radical (unpaired) electrons. The van der Waals surface area contributed by atoms with Gasteiger partial charge in [0.2, 0.25) is 10.0 Å². The first-order valence-electron chi connectivity index (χ1n) is 5.34. The molecule has 3 N–H and O–H groups in total. The van der Waals surface area contributed by atoms with E-state index in [0.29, 0.717) is 6.42 Å². The van der Waals surface area contributed by atoms with Crippen molar-refractivity contribution >= 4 is 21.4 Å². The lowest BCUT2D eigenvalue weighted by Gasteiger charge is -2.12. The van der Waals surface area contributed by atoms with Crippen LogP contribution < -0.4 is 10.5 Å². The summed E-state index contributed by atoms with van der Waals surface area (Å²) in [5.41, 5.74) is 4.68. The van der Waals surface area contributed by atoms with Crippen LogP contribution in [0.3, 0.4) is 0 Å². The van der Waals surface area contributed by atoms with E-state index in [1.54, 1.807) is 13.8 Å². The summed E-state index contributed by atoms with van der Waals surface area (Å²) in [4.78, 5) is 9.68. The highest BCUT2D eigenvalue weighted by Gasteiger charge is 2.28. The number of rotatable bonds is 5. The predicted molar refractivity (Wildman–Crippen MR) is 67.6 cm³/mol. The van der Waals surface area contributed by atoms with Crippen molar-refractivity contribution in [2.75, 3.05) is 5.73 Å². The van der Waals surface area contributed by atoms with Crippen LogP contribution in [0, 0.1) is 10.1 Å². The second-order valence-corrected chi connectivity index (χ2v) is 5.56. The first-order valence-corrected chi connectivity index (χ1v) is 6.83. The van der Waals surface area contributed by atoms with Gasteiger partial charge in [-0.15, -0.1) is 0 Å².